The Balaban J connectivity index is 3.10. The lowest BCUT2D eigenvalue weighted by Gasteiger charge is -2.27. The van der Waals surface area contributed by atoms with E-state index < -0.39 is 22.8 Å². The maximum Gasteiger partial charge on any atom is 0.305 e. The van der Waals surface area contributed by atoms with Gasteiger partial charge >= 0.3 is 5.97 Å². The highest BCUT2D eigenvalue weighted by atomic mass is 79.9. The second kappa shape index (κ2) is 7.16. The lowest BCUT2D eigenvalue weighted by molar-refractivity contribution is -0.385. The number of hydrogen-bond acceptors (Lipinski definition) is 4. The maximum atomic E-state index is 12.4. The van der Waals surface area contributed by atoms with Gasteiger partial charge < -0.3 is 10.0 Å². The Hall–Kier alpha value is -1.96. The number of aliphatic carboxylic acids is 1. The molecule has 0 heterocycles. The van der Waals surface area contributed by atoms with Crippen LogP contribution in [0.4, 0.5) is 5.69 Å². The molecule has 1 atom stereocenters. The first-order valence-corrected chi connectivity index (χ1v) is 7.03. The van der Waals surface area contributed by atoms with E-state index in [2.05, 4.69) is 15.9 Å². The normalized spacial score (nSPS) is 11.8. The largest absolute Gasteiger partial charge is 0.481 e. The van der Waals surface area contributed by atoms with Crippen molar-refractivity contribution in [3.8, 4) is 0 Å². The average molecular weight is 359 g/mol. The number of rotatable bonds is 6. The van der Waals surface area contributed by atoms with Crippen molar-refractivity contribution in [3.63, 3.8) is 0 Å². The molecule has 1 unspecified atom stereocenters. The predicted octanol–water partition coefficient (Wildman–Crippen LogP) is 2.68. The Morgan fingerprint density at radius 1 is 1.43 bits per heavy atom. The molecule has 0 radical (unpaired) electrons. The number of carboxylic acids is 1. The minimum Gasteiger partial charge on any atom is -0.481 e. The monoisotopic (exact) mass is 358 g/mol. The topological polar surface area (TPSA) is 101 Å². The fourth-order valence-corrected chi connectivity index (χ4v) is 2.47. The summed E-state index contributed by atoms with van der Waals surface area (Å²) in [5.74, 6) is -1.44. The van der Waals surface area contributed by atoms with Gasteiger partial charge in [-0.2, -0.15) is 0 Å². The van der Waals surface area contributed by atoms with Crippen LogP contribution in [0.2, 0.25) is 0 Å². The van der Waals surface area contributed by atoms with Gasteiger partial charge in [0.15, 0.2) is 0 Å². The number of carbonyl (C=O) groups excluding carboxylic acids is 1. The van der Waals surface area contributed by atoms with Gasteiger partial charge in [-0.15, -0.1) is 0 Å². The highest BCUT2D eigenvalue weighted by molar-refractivity contribution is 9.10. The Kier molecular flexibility index (Phi) is 5.83. The van der Waals surface area contributed by atoms with Crippen molar-refractivity contribution in [2.75, 3.05) is 6.54 Å². The van der Waals surface area contributed by atoms with Crippen LogP contribution >= 0.6 is 15.9 Å². The molecule has 0 bridgehead atoms. The van der Waals surface area contributed by atoms with E-state index in [1.165, 1.54) is 23.1 Å². The summed E-state index contributed by atoms with van der Waals surface area (Å²) < 4.78 is 0.419. The molecule has 0 aliphatic rings. The molecule has 0 saturated carbocycles. The van der Waals surface area contributed by atoms with Gasteiger partial charge in [-0.25, -0.2) is 0 Å². The lowest BCUT2D eigenvalue weighted by atomic mass is 10.1. The van der Waals surface area contributed by atoms with Crippen LogP contribution in [0.5, 0.6) is 0 Å². The van der Waals surface area contributed by atoms with Crippen LogP contribution < -0.4 is 0 Å². The standard InChI is InChI=1S/C13H15BrN2O5/c1-3-15(8(2)4-12(17)18)13(19)9-5-10(14)7-11(6-9)16(20)21/h5-8H,3-4H2,1-2H3,(H,17,18). The first-order valence-electron chi connectivity index (χ1n) is 6.24. The van der Waals surface area contributed by atoms with E-state index in [1.807, 2.05) is 0 Å². The lowest BCUT2D eigenvalue weighted by Crippen LogP contribution is -2.39. The zero-order valence-corrected chi connectivity index (χ0v) is 13.2. The number of nitrogens with zero attached hydrogens (tertiary/aromatic N) is 2. The van der Waals surface area contributed by atoms with Gasteiger partial charge in [-0.3, -0.25) is 19.7 Å². The zero-order chi connectivity index (χ0) is 16.2. The van der Waals surface area contributed by atoms with Crippen LogP contribution in [0.25, 0.3) is 0 Å². The molecule has 1 amide bonds. The van der Waals surface area contributed by atoms with E-state index in [9.17, 15) is 19.7 Å². The summed E-state index contributed by atoms with van der Waals surface area (Å²) >= 11 is 3.13. The maximum absolute atomic E-state index is 12.4. The summed E-state index contributed by atoms with van der Waals surface area (Å²) in [4.78, 5) is 34.8. The van der Waals surface area contributed by atoms with Gasteiger partial charge in [0.05, 0.1) is 11.3 Å². The van der Waals surface area contributed by atoms with Gasteiger partial charge in [0.25, 0.3) is 11.6 Å². The SMILES string of the molecule is CCN(C(=O)c1cc(Br)cc([N+](=O)[O-])c1)C(C)CC(=O)O. The zero-order valence-electron chi connectivity index (χ0n) is 11.6. The third-order valence-electron chi connectivity index (χ3n) is 2.94. The van der Waals surface area contributed by atoms with Crippen molar-refractivity contribution in [3.05, 3.63) is 38.3 Å². The summed E-state index contributed by atoms with van der Waals surface area (Å²) in [6.45, 7) is 3.66. The molecule has 21 heavy (non-hydrogen) atoms. The number of halogens is 1. The Bertz CT molecular complexity index is 576. The Labute approximate surface area is 129 Å². The second-order valence-corrected chi connectivity index (χ2v) is 5.41. The van der Waals surface area contributed by atoms with Crippen LogP contribution in [0, 0.1) is 10.1 Å². The number of amides is 1. The second-order valence-electron chi connectivity index (χ2n) is 4.49. The van der Waals surface area contributed by atoms with Gasteiger partial charge in [0.1, 0.15) is 0 Å². The van der Waals surface area contributed by atoms with Crippen LogP contribution in [0.1, 0.15) is 30.6 Å². The van der Waals surface area contributed by atoms with Crippen LogP contribution in [0.3, 0.4) is 0 Å². The van der Waals surface area contributed by atoms with Crippen LogP contribution in [0.15, 0.2) is 22.7 Å². The highest BCUT2D eigenvalue weighted by Crippen LogP contribution is 2.23. The number of benzene rings is 1. The fraction of sp³-hybridized carbons (Fsp3) is 0.385. The first-order chi connectivity index (χ1) is 9.76. The summed E-state index contributed by atoms with van der Waals surface area (Å²) in [7, 11) is 0. The average Bonchev–Trinajstić information content (AvgIpc) is 2.37. The smallest absolute Gasteiger partial charge is 0.305 e. The molecule has 114 valence electrons. The van der Waals surface area contributed by atoms with E-state index in [0.29, 0.717) is 11.0 Å². The predicted molar refractivity (Wildman–Crippen MR) is 79.2 cm³/mol. The minimum absolute atomic E-state index is 0.148. The number of carbonyl (C=O) groups is 2. The number of nitro groups is 1. The molecule has 0 spiro atoms. The molecule has 0 aromatic heterocycles. The Morgan fingerprint density at radius 3 is 2.52 bits per heavy atom. The molecule has 7 nitrogen and oxygen atoms in total. The third-order valence-corrected chi connectivity index (χ3v) is 3.40. The molecular weight excluding hydrogens is 344 g/mol. The van der Waals surface area contributed by atoms with Gasteiger partial charge in [-0.05, 0) is 19.9 Å². The quantitative estimate of drug-likeness (QED) is 0.622. The van der Waals surface area contributed by atoms with Gasteiger partial charge in [0.2, 0.25) is 0 Å². The van der Waals surface area contributed by atoms with Crippen molar-refractivity contribution in [2.45, 2.75) is 26.3 Å². The van der Waals surface area contributed by atoms with Gasteiger partial charge in [-0.1, -0.05) is 15.9 Å². The summed E-state index contributed by atoms with van der Waals surface area (Å²) in [6.07, 6.45) is -0.185. The fourth-order valence-electron chi connectivity index (χ4n) is 1.99. The number of non-ortho nitro benzene ring substituents is 1. The molecule has 0 aliphatic heterocycles. The molecule has 0 saturated heterocycles. The van der Waals surface area contributed by atoms with Crippen molar-refractivity contribution >= 4 is 33.5 Å². The van der Waals surface area contributed by atoms with E-state index >= 15 is 0 Å². The molecule has 0 fully saturated rings. The van der Waals surface area contributed by atoms with Crippen molar-refractivity contribution in [2.24, 2.45) is 0 Å². The van der Waals surface area contributed by atoms with E-state index in [-0.39, 0.29) is 17.7 Å². The number of carboxylic acid groups (broad SMARTS) is 1. The molecule has 0 aliphatic carbocycles. The van der Waals surface area contributed by atoms with Crippen molar-refractivity contribution in [1.82, 2.24) is 4.90 Å². The summed E-state index contributed by atoms with van der Waals surface area (Å²) in [6, 6.07) is 3.46. The van der Waals surface area contributed by atoms with Crippen molar-refractivity contribution < 1.29 is 19.6 Å². The minimum atomic E-state index is -1.01. The molecule has 1 rings (SSSR count). The third kappa shape index (κ3) is 4.52. The summed E-state index contributed by atoms with van der Waals surface area (Å²) in [5.41, 5.74) is -0.0511. The van der Waals surface area contributed by atoms with Gasteiger partial charge in [0, 0.05) is 34.8 Å². The highest BCUT2D eigenvalue weighted by Gasteiger charge is 2.23. The number of hydrogen-bond donors (Lipinski definition) is 1. The van der Waals surface area contributed by atoms with E-state index in [4.69, 9.17) is 5.11 Å². The molecular formula is C13H15BrN2O5. The van der Waals surface area contributed by atoms with Crippen LogP contribution in [-0.4, -0.2) is 39.4 Å². The molecule has 1 aromatic rings. The molecule has 1 aromatic carbocycles. The molecule has 8 heteroatoms. The van der Waals surface area contributed by atoms with Crippen LogP contribution in [-0.2, 0) is 4.79 Å². The molecule has 1 N–H and O–H groups in total. The van der Waals surface area contributed by atoms with E-state index in [0.717, 1.165) is 0 Å². The van der Waals surface area contributed by atoms with E-state index in [1.54, 1.807) is 13.8 Å². The number of nitro benzene ring substituents is 1. The first kappa shape index (κ1) is 17.1. The Morgan fingerprint density at radius 2 is 2.05 bits per heavy atom. The summed E-state index contributed by atoms with van der Waals surface area (Å²) in [5, 5.41) is 19.6. The van der Waals surface area contributed by atoms with Crippen molar-refractivity contribution in [1.29, 1.82) is 0 Å².